The van der Waals surface area contributed by atoms with Crippen LogP contribution in [0, 0.1) is 5.92 Å². The Kier molecular flexibility index (Phi) is 5.69. The minimum absolute atomic E-state index is 0.0845. The van der Waals surface area contributed by atoms with E-state index >= 15 is 0 Å². The fourth-order valence-electron chi connectivity index (χ4n) is 2.18. The van der Waals surface area contributed by atoms with Gasteiger partial charge >= 0.3 is 0 Å². The Morgan fingerprint density at radius 1 is 1.32 bits per heavy atom. The number of hydrogen-bond donors (Lipinski definition) is 0. The lowest BCUT2D eigenvalue weighted by Crippen LogP contribution is -2.30. The lowest BCUT2D eigenvalue weighted by molar-refractivity contribution is -0.0402. The third-order valence-electron chi connectivity index (χ3n) is 3.28. The summed E-state index contributed by atoms with van der Waals surface area (Å²) in [6, 6.07) is 10.2. The Morgan fingerprint density at radius 3 is 2.84 bits per heavy atom. The van der Waals surface area contributed by atoms with E-state index in [9.17, 15) is 0 Å². The second-order valence-electron chi connectivity index (χ2n) is 4.81. The van der Waals surface area contributed by atoms with Gasteiger partial charge in [-0.3, -0.25) is 0 Å². The topological polar surface area (TPSA) is 67.2 Å². The predicted octanol–water partition coefficient (Wildman–Crippen LogP) is 3.31. The standard InChI is InChI=1S/C14H19N3O2/c15-17-16-8-14-7-6-13(11-19-14)10-18-9-12-4-2-1-3-5-12/h1-5,13-14H,6-11H2/t13-,14?/m0/s1. The van der Waals surface area contributed by atoms with Crippen LogP contribution >= 0.6 is 0 Å². The van der Waals surface area contributed by atoms with Gasteiger partial charge in [0.2, 0.25) is 0 Å². The molecule has 2 rings (SSSR count). The highest BCUT2D eigenvalue weighted by molar-refractivity contribution is 5.13. The molecule has 19 heavy (non-hydrogen) atoms. The largest absolute Gasteiger partial charge is 0.378 e. The van der Waals surface area contributed by atoms with Crippen molar-refractivity contribution < 1.29 is 9.47 Å². The maximum Gasteiger partial charge on any atom is 0.0717 e. The molecule has 1 unspecified atom stereocenters. The molecule has 0 aliphatic carbocycles. The first-order chi connectivity index (χ1) is 9.38. The zero-order valence-electron chi connectivity index (χ0n) is 10.9. The monoisotopic (exact) mass is 261 g/mol. The van der Waals surface area contributed by atoms with Crippen molar-refractivity contribution in [2.24, 2.45) is 11.0 Å². The highest BCUT2D eigenvalue weighted by atomic mass is 16.5. The van der Waals surface area contributed by atoms with Gasteiger partial charge in [0.1, 0.15) is 0 Å². The summed E-state index contributed by atoms with van der Waals surface area (Å²) >= 11 is 0. The van der Waals surface area contributed by atoms with Gasteiger partial charge in [-0.1, -0.05) is 35.4 Å². The second-order valence-corrected chi connectivity index (χ2v) is 4.81. The average Bonchev–Trinajstić information content (AvgIpc) is 2.47. The third kappa shape index (κ3) is 4.91. The molecule has 0 saturated carbocycles. The molecule has 1 saturated heterocycles. The fourth-order valence-corrected chi connectivity index (χ4v) is 2.18. The summed E-state index contributed by atoms with van der Waals surface area (Å²) in [5.41, 5.74) is 9.45. The summed E-state index contributed by atoms with van der Waals surface area (Å²) in [6.07, 6.45) is 2.10. The molecule has 5 heteroatoms. The van der Waals surface area contributed by atoms with Gasteiger partial charge in [0, 0.05) is 10.8 Å². The summed E-state index contributed by atoms with van der Waals surface area (Å²) in [7, 11) is 0. The van der Waals surface area contributed by atoms with E-state index < -0.39 is 0 Å². The van der Waals surface area contributed by atoms with Gasteiger partial charge in [-0.2, -0.15) is 0 Å². The molecule has 1 heterocycles. The van der Waals surface area contributed by atoms with E-state index in [2.05, 4.69) is 22.2 Å². The van der Waals surface area contributed by atoms with Crippen LogP contribution in [0.1, 0.15) is 18.4 Å². The number of ether oxygens (including phenoxy) is 2. The summed E-state index contributed by atoms with van der Waals surface area (Å²) in [5.74, 6) is 0.450. The van der Waals surface area contributed by atoms with Gasteiger partial charge in [0.25, 0.3) is 0 Å². The second kappa shape index (κ2) is 7.79. The molecule has 0 spiro atoms. The smallest absolute Gasteiger partial charge is 0.0717 e. The van der Waals surface area contributed by atoms with E-state index in [1.165, 1.54) is 5.56 Å². The van der Waals surface area contributed by atoms with Gasteiger partial charge < -0.3 is 9.47 Å². The van der Waals surface area contributed by atoms with Crippen molar-refractivity contribution in [2.45, 2.75) is 25.6 Å². The van der Waals surface area contributed by atoms with Crippen molar-refractivity contribution in [1.82, 2.24) is 0 Å². The first kappa shape index (κ1) is 13.9. The SMILES string of the molecule is [N-]=[N+]=NCC1CC[C@@H](COCc2ccccc2)CO1. The normalized spacial score (nSPS) is 22.7. The van der Waals surface area contributed by atoms with Gasteiger partial charge in [0.15, 0.2) is 0 Å². The maximum absolute atomic E-state index is 8.26. The van der Waals surface area contributed by atoms with E-state index in [-0.39, 0.29) is 6.10 Å². The molecule has 1 aromatic rings. The molecule has 0 aromatic heterocycles. The van der Waals surface area contributed by atoms with E-state index in [1.54, 1.807) is 0 Å². The highest BCUT2D eigenvalue weighted by Crippen LogP contribution is 2.20. The Balaban J connectivity index is 1.62. The summed E-state index contributed by atoms with van der Waals surface area (Å²) in [6.45, 7) is 2.51. The van der Waals surface area contributed by atoms with Crippen LogP contribution in [0.4, 0.5) is 0 Å². The lowest BCUT2D eigenvalue weighted by Gasteiger charge is -2.28. The molecule has 2 atom stereocenters. The number of nitrogens with zero attached hydrogens (tertiary/aromatic N) is 3. The number of benzene rings is 1. The van der Waals surface area contributed by atoms with Crippen molar-refractivity contribution in [3.8, 4) is 0 Å². The Labute approximate surface area is 113 Å². The number of hydrogen-bond acceptors (Lipinski definition) is 3. The van der Waals surface area contributed by atoms with E-state index in [4.69, 9.17) is 15.0 Å². The van der Waals surface area contributed by atoms with Crippen LogP contribution in [0.5, 0.6) is 0 Å². The molecule has 0 amide bonds. The fraction of sp³-hybridized carbons (Fsp3) is 0.571. The van der Waals surface area contributed by atoms with E-state index in [0.717, 1.165) is 19.4 Å². The predicted molar refractivity (Wildman–Crippen MR) is 72.6 cm³/mol. The van der Waals surface area contributed by atoms with Crippen LogP contribution in [0.2, 0.25) is 0 Å². The van der Waals surface area contributed by atoms with Crippen LogP contribution in [-0.2, 0) is 16.1 Å². The number of azide groups is 1. The van der Waals surface area contributed by atoms with Crippen molar-refractivity contribution in [1.29, 1.82) is 0 Å². The molecule has 1 aromatic carbocycles. The van der Waals surface area contributed by atoms with Crippen LogP contribution in [0.15, 0.2) is 35.4 Å². The molecule has 1 aliphatic heterocycles. The molecule has 5 nitrogen and oxygen atoms in total. The first-order valence-electron chi connectivity index (χ1n) is 6.62. The summed E-state index contributed by atoms with van der Waals surface area (Å²) in [5, 5.41) is 3.55. The van der Waals surface area contributed by atoms with Crippen molar-refractivity contribution in [3.05, 3.63) is 46.3 Å². The van der Waals surface area contributed by atoms with Crippen LogP contribution in [-0.4, -0.2) is 25.9 Å². The van der Waals surface area contributed by atoms with Crippen molar-refractivity contribution >= 4 is 0 Å². The highest BCUT2D eigenvalue weighted by Gasteiger charge is 2.21. The molecule has 1 fully saturated rings. The zero-order chi connectivity index (χ0) is 13.3. The summed E-state index contributed by atoms with van der Waals surface area (Å²) in [4.78, 5) is 2.75. The molecule has 0 bridgehead atoms. The third-order valence-corrected chi connectivity index (χ3v) is 3.28. The maximum atomic E-state index is 8.26. The van der Waals surface area contributed by atoms with E-state index in [1.807, 2.05) is 18.2 Å². The lowest BCUT2D eigenvalue weighted by atomic mass is 9.99. The van der Waals surface area contributed by atoms with Crippen molar-refractivity contribution in [3.63, 3.8) is 0 Å². The van der Waals surface area contributed by atoms with Crippen molar-refractivity contribution in [2.75, 3.05) is 19.8 Å². The van der Waals surface area contributed by atoms with Gasteiger partial charge in [-0.15, -0.1) is 0 Å². The van der Waals surface area contributed by atoms with Crippen LogP contribution < -0.4 is 0 Å². The molecule has 0 radical (unpaired) electrons. The minimum Gasteiger partial charge on any atom is -0.378 e. The Bertz CT molecular complexity index is 410. The van der Waals surface area contributed by atoms with E-state index in [0.29, 0.717) is 25.7 Å². The minimum atomic E-state index is 0.0845. The summed E-state index contributed by atoms with van der Waals surface area (Å²) < 4.78 is 11.4. The number of rotatable bonds is 6. The Morgan fingerprint density at radius 2 is 2.16 bits per heavy atom. The zero-order valence-corrected chi connectivity index (χ0v) is 10.9. The average molecular weight is 261 g/mol. The van der Waals surface area contributed by atoms with Gasteiger partial charge in [-0.05, 0) is 23.9 Å². The first-order valence-corrected chi connectivity index (χ1v) is 6.62. The van der Waals surface area contributed by atoms with Gasteiger partial charge in [-0.25, -0.2) is 0 Å². The van der Waals surface area contributed by atoms with Gasteiger partial charge in [0.05, 0.1) is 32.5 Å². The van der Waals surface area contributed by atoms with Crippen LogP contribution in [0.25, 0.3) is 10.4 Å². The Hall–Kier alpha value is -1.55. The molecular weight excluding hydrogens is 242 g/mol. The molecule has 0 N–H and O–H groups in total. The molecular formula is C14H19N3O2. The van der Waals surface area contributed by atoms with Crippen LogP contribution in [0.3, 0.4) is 0 Å². The molecule has 1 aliphatic rings. The quantitative estimate of drug-likeness (QED) is 0.448. The molecule has 102 valence electrons.